The van der Waals surface area contributed by atoms with Gasteiger partial charge in [0.15, 0.2) is 0 Å². The van der Waals surface area contributed by atoms with E-state index in [4.69, 9.17) is 23.2 Å². The van der Waals surface area contributed by atoms with Crippen LogP contribution in [0.25, 0.3) is 5.69 Å². The Bertz CT molecular complexity index is 983. The Morgan fingerprint density at radius 1 is 1.23 bits per heavy atom. The van der Waals surface area contributed by atoms with Gasteiger partial charge in [-0.25, -0.2) is 14.5 Å². The molecule has 0 atom stereocenters. The molecule has 0 saturated heterocycles. The molecule has 5 nitrogen and oxygen atoms in total. The molecule has 0 radical (unpaired) electrons. The molecule has 0 spiro atoms. The van der Waals surface area contributed by atoms with E-state index in [0.29, 0.717) is 32.7 Å². The summed E-state index contributed by atoms with van der Waals surface area (Å²) in [4.78, 5) is 12.0. The second kappa shape index (κ2) is 7.68. The van der Waals surface area contributed by atoms with Gasteiger partial charge in [0.2, 0.25) is 0 Å². The van der Waals surface area contributed by atoms with E-state index in [0.717, 1.165) is 0 Å². The van der Waals surface area contributed by atoms with Crippen LogP contribution in [-0.2, 0) is 0 Å². The number of nitrogens with zero attached hydrogens (tertiary/aromatic N) is 3. The van der Waals surface area contributed by atoms with Crippen LogP contribution in [0.5, 0.6) is 0 Å². The van der Waals surface area contributed by atoms with E-state index >= 15 is 0 Å². The van der Waals surface area contributed by atoms with Crippen molar-refractivity contribution in [3.8, 4) is 5.69 Å². The van der Waals surface area contributed by atoms with Crippen LogP contribution in [0.15, 0.2) is 53.6 Å². The summed E-state index contributed by atoms with van der Waals surface area (Å²) in [5.41, 5.74) is 4.57. The Kier molecular flexibility index (Phi) is 5.35. The van der Waals surface area contributed by atoms with Gasteiger partial charge in [0.1, 0.15) is 11.0 Å². The Labute approximate surface area is 159 Å². The molecule has 1 heterocycles. The van der Waals surface area contributed by atoms with Crippen LogP contribution in [0.4, 0.5) is 4.39 Å². The van der Waals surface area contributed by atoms with Crippen molar-refractivity contribution in [2.24, 2.45) is 5.10 Å². The maximum atomic E-state index is 12.9. The molecule has 132 valence electrons. The average Bonchev–Trinajstić information content (AvgIpc) is 2.90. The summed E-state index contributed by atoms with van der Waals surface area (Å²) in [6.07, 6.45) is 1.41. The normalized spacial score (nSPS) is 11.1. The summed E-state index contributed by atoms with van der Waals surface area (Å²) >= 11 is 12.4. The van der Waals surface area contributed by atoms with Crippen molar-refractivity contribution in [3.63, 3.8) is 0 Å². The van der Waals surface area contributed by atoms with Gasteiger partial charge >= 0.3 is 0 Å². The Morgan fingerprint density at radius 3 is 2.65 bits per heavy atom. The molecule has 0 bridgehead atoms. The fourth-order valence-electron chi connectivity index (χ4n) is 2.26. The van der Waals surface area contributed by atoms with Crippen LogP contribution in [-0.4, -0.2) is 21.9 Å². The molecule has 1 N–H and O–H groups in total. The molecule has 3 rings (SSSR count). The second-order valence-electron chi connectivity index (χ2n) is 5.39. The number of hydrogen-bond donors (Lipinski definition) is 1. The zero-order valence-corrected chi connectivity index (χ0v) is 15.1. The van der Waals surface area contributed by atoms with Crippen molar-refractivity contribution >= 4 is 35.3 Å². The molecule has 0 fully saturated rings. The van der Waals surface area contributed by atoms with Gasteiger partial charge in [-0.05, 0) is 49.4 Å². The molecule has 0 aliphatic carbocycles. The van der Waals surface area contributed by atoms with Gasteiger partial charge in [-0.1, -0.05) is 29.3 Å². The van der Waals surface area contributed by atoms with Crippen molar-refractivity contribution < 1.29 is 9.18 Å². The monoisotopic (exact) mass is 390 g/mol. The number of rotatable bonds is 4. The van der Waals surface area contributed by atoms with Crippen LogP contribution in [0.2, 0.25) is 10.2 Å². The molecule has 0 aliphatic rings. The number of aryl methyl sites for hydroxylation is 1. The standard InChI is InChI=1S/C18H13Cl2FN4O/c1-11-16(10-22-23-18(26)12-5-7-14(21)8-6-12)17(20)25(24-11)15-4-2-3-13(19)9-15/h2-10H,1H3,(H,23,26)/b22-10-. The minimum absolute atomic E-state index is 0.293. The fourth-order valence-corrected chi connectivity index (χ4v) is 2.76. The lowest BCUT2D eigenvalue weighted by atomic mass is 10.2. The highest BCUT2D eigenvalue weighted by Crippen LogP contribution is 2.23. The summed E-state index contributed by atoms with van der Waals surface area (Å²) in [6.45, 7) is 1.77. The number of aromatic nitrogens is 2. The van der Waals surface area contributed by atoms with Crippen molar-refractivity contribution in [1.82, 2.24) is 15.2 Å². The lowest BCUT2D eigenvalue weighted by Crippen LogP contribution is -2.17. The first-order valence-corrected chi connectivity index (χ1v) is 8.31. The van der Waals surface area contributed by atoms with Crippen molar-refractivity contribution in [3.05, 3.63) is 81.3 Å². The van der Waals surface area contributed by atoms with E-state index in [9.17, 15) is 9.18 Å². The van der Waals surface area contributed by atoms with Crippen molar-refractivity contribution in [1.29, 1.82) is 0 Å². The van der Waals surface area contributed by atoms with E-state index in [1.807, 2.05) is 6.07 Å². The van der Waals surface area contributed by atoms with E-state index in [-0.39, 0.29) is 0 Å². The van der Waals surface area contributed by atoms with E-state index < -0.39 is 11.7 Å². The topological polar surface area (TPSA) is 59.3 Å². The number of amides is 1. The highest BCUT2D eigenvalue weighted by Gasteiger charge is 2.13. The SMILES string of the molecule is Cc1nn(-c2cccc(Cl)c2)c(Cl)c1/C=N\NC(=O)c1ccc(F)cc1. The van der Waals surface area contributed by atoms with Gasteiger partial charge in [0.05, 0.1) is 23.2 Å². The van der Waals surface area contributed by atoms with Gasteiger partial charge in [0.25, 0.3) is 5.91 Å². The maximum absolute atomic E-state index is 12.9. The largest absolute Gasteiger partial charge is 0.271 e. The first-order valence-electron chi connectivity index (χ1n) is 7.56. The lowest BCUT2D eigenvalue weighted by Gasteiger charge is -2.03. The third-order valence-corrected chi connectivity index (χ3v) is 4.17. The van der Waals surface area contributed by atoms with Crippen LogP contribution < -0.4 is 5.43 Å². The Balaban J connectivity index is 1.79. The zero-order chi connectivity index (χ0) is 18.7. The third kappa shape index (κ3) is 3.92. The highest BCUT2D eigenvalue weighted by molar-refractivity contribution is 6.32. The van der Waals surface area contributed by atoms with Crippen molar-refractivity contribution in [2.75, 3.05) is 0 Å². The van der Waals surface area contributed by atoms with Crippen LogP contribution in [0.3, 0.4) is 0 Å². The predicted octanol–water partition coefficient (Wildman–Crippen LogP) is 4.39. The molecule has 8 heteroatoms. The maximum Gasteiger partial charge on any atom is 0.271 e. The molecule has 26 heavy (non-hydrogen) atoms. The summed E-state index contributed by atoms with van der Waals surface area (Å²) in [6, 6.07) is 12.2. The molecular weight excluding hydrogens is 378 g/mol. The molecule has 1 aromatic heterocycles. The van der Waals surface area contributed by atoms with Gasteiger partial charge in [-0.15, -0.1) is 0 Å². The molecule has 0 unspecified atom stereocenters. The fraction of sp³-hybridized carbons (Fsp3) is 0.0556. The molecule has 0 saturated carbocycles. The number of carbonyl (C=O) groups excluding carboxylic acids is 1. The lowest BCUT2D eigenvalue weighted by molar-refractivity contribution is 0.0955. The van der Waals surface area contributed by atoms with E-state index in [1.165, 1.54) is 35.2 Å². The molecular formula is C18H13Cl2FN4O. The first kappa shape index (κ1) is 18.1. The number of carbonyl (C=O) groups is 1. The summed E-state index contributed by atoms with van der Waals surface area (Å²) in [5.74, 6) is -0.877. The van der Waals surface area contributed by atoms with Crippen molar-refractivity contribution in [2.45, 2.75) is 6.92 Å². The van der Waals surface area contributed by atoms with Crippen LogP contribution in [0, 0.1) is 12.7 Å². The molecule has 3 aromatic rings. The minimum atomic E-state index is -0.461. The summed E-state index contributed by atoms with van der Waals surface area (Å²) in [7, 11) is 0. The van der Waals surface area contributed by atoms with Gasteiger partial charge in [-0.3, -0.25) is 4.79 Å². The highest BCUT2D eigenvalue weighted by atomic mass is 35.5. The number of halogens is 3. The predicted molar refractivity (Wildman–Crippen MR) is 99.8 cm³/mol. The zero-order valence-electron chi connectivity index (χ0n) is 13.6. The third-order valence-electron chi connectivity index (χ3n) is 3.57. The van der Waals surface area contributed by atoms with Crippen LogP contribution >= 0.6 is 23.2 Å². The summed E-state index contributed by atoms with van der Waals surface area (Å²) < 4.78 is 14.4. The number of hydrogen-bond acceptors (Lipinski definition) is 3. The van der Waals surface area contributed by atoms with Gasteiger partial charge < -0.3 is 0 Å². The smallest absolute Gasteiger partial charge is 0.267 e. The first-order chi connectivity index (χ1) is 12.5. The van der Waals surface area contributed by atoms with Crippen LogP contribution in [0.1, 0.15) is 21.6 Å². The Morgan fingerprint density at radius 2 is 1.96 bits per heavy atom. The number of nitrogens with one attached hydrogen (secondary N) is 1. The second-order valence-corrected chi connectivity index (χ2v) is 6.18. The average molecular weight is 391 g/mol. The Hall–Kier alpha value is -2.70. The summed E-state index contributed by atoms with van der Waals surface area (Å²) in [5, 5.41) is 9.17. The van der Waals surface area contributed by atoms with Gasteiger partial charge in [0, 0.05) is 10.6 Å². The number of hydrazone groups is 1. The van der Waals surface area contributed by atoms with Gasteiger partial charge in [-0.2, -0.15) is 10.2 Å². The molecule has 2 aromatic carbocycles. The van der Waals surface area contributed by atoms with E-state index in [1.54, 1.807) is 25.1 Å². The van der Waals surface area contributed by atoms with E-state index in [2.05, 4.69) is 15.6 Å². The molecule has 1 amide bonds. The molecule has 0 aliphatic heterocycles. The minimum Gasteiger partial charge on any atom is -0.267 e. The quantitative estimate of drug-likeness (QED) is 0.530. The number of benzene rings is 2.